The number of halogens is 2. The van der Waals surface area contributed by atoms with Crippen LogP contribution in [0.3, 0.4) is 0 Å². The molecule has 0 bridgehead atoms. The van der Waals surface area contributed by atoms with Crippen molar-refractivity contribution in [1.29, 1.82) is 0 Å². The maximum absolute atomic E-state index is 12.3. The number of nitrogens with zero attached hydrogens (tertiary/aromatic N) is 2. The summed E-state index contributed by atoms with van der Waals surface area (Å²) in [4.78, 5) is 21.7. The Labute approximate surface area is 166 Å². The Bertz CT molecular complexity index is 1060. The van der Waals surface area contributed by atoms with Crippen molar-refractivity contribution in [2.24, 2.45) is 0 Å². The van der Waals surface area contributed by atoms with Crippen molar-refractivity contribution in [1.82, 2.24) is 9.97 Å². The number of aromatic nitrogens is 2. The SMILES string of the molecule is O=c1[nH]c(/C(Cl)=C/c2ccc(N3CCOCC3)cc2)nc2ccc(Cl)cc12. The molecule has 5 nitrogen and oxygen atoms in total. The third kappa shape index (κ3) is 4.00. The van der Waals surface area contributed by atoms with Gasteiger partial charge < -0.3 is 14.6 Å². The van der Waals surface area contributed by atoms with Crippen molar-refractivity contribution >= 4 is 50.9 Å². The predicted octanol–water partition coefficient (Wildman–Crippen LogP) is 4.15. The Hall–Kier alpha value is -2.34. The molecule has 27 heavy (non-hydrogen) atoms. The van der Waals surface area contributed by atoms with E-state index in [4.69, 9.17) is 27.9 Å². The molecule has 1 N–H and O–H groups in total. The second kappa shape index (κ2) is 7.72. The summed E-state index contributed by atoms with van der Waals surface area (Å²) in [6, 6.07) is 13.1. The minimum absolute atomic E-state index is 0.272. The van der Waals surface area contributed by atoms with Crippen LogP contribution < -0.4 is 10.5 Å². The van der Waals surface area contributed by atoms with Gasteiger partial charge in [0.2, 0.25) is 0 Å². The molecule has 2 heterocycles. The minimum Gasteiger partial charge on any atom is -0.378 e. The molecule has 1 aliphatic heterocycles. The van der Waals surface area contributed by atoms with Crippen LogP contribution in [0.4, 0.5) is 5.69 Å². The summed E-state index contributed by atoms with van der Waals surface area (Å²) in [5.41, 5.74) is 2.36. The van der Waals surface area contributed by atoms with Crippen molar-refractivity contribution in [2.45, 2.75) is 0 Å². The van der Waals surface area contributed by atoms with Gasteiger partial charge >= 0.3 is 0 Å². The Morgan fingerprint density at radius 3 is 2.63 bits per heavy atom. The van der Waals surface area contributed by atoms with Crippen molar-refractivity contribution in [3.8, 4) is 0 Å². The fraction of sp³-hybridized carbons (Fsp3) is 0.200. The van der Waals surface area contributed by atoms with E-state index in [9.17, 15) is 4.79 Å². The minimum atomic E-state index is -0.272. The number of rotatable bonds is 3. The van der Waals surface area contributed by atoms with Gasteiger partial charge in [0, 0.05) is 23.8 Å². The highest BCUT2D eigenvalue weighted by Gasteiger charge is 2.11. The average molecular weight is 402 g/mol. The lowest BCUT2D eigenvalue weighted by Gasteiger charge is -2.28. The number of anilines is 1. The van der Waals surface area contributed by atoms with E-state index in [2.05, 4.69) is 27.0 Å². The van der Waals surface area contributed by atoms with E-state index in [0.717, 1.165) is 37.6 Å². The Kier molecular flexibility index (Phi) is 5.16. The number of nitrogens with one attached hydrogen (secondary N) is 1. The first kappa shape index (κ1) is 18.0. The smallest absolute Gasteiger partial charge is 0.259 e. The van der Waals surface area contributed by atoms with Crippen molar-refractivity contribution in [3.63, 3.8) is 0 Å². The third-order valence-corrected chi connectivity index (χ3v) is 4.98. The first-order valence-electron chi connectivity index (χ1n) is 8.60. The summed E-state index contributed by atoms with van der Waals surface area (Å²) in [5.74, 6) is 0.328. The molecular formula is C20H17Cl2N3O2. The zero-order valence-electron chi connectivity index (χ0n) is 14.4. The number of ether oxygens (including phenoxy) is 1. The molecule has 1 aliphatic rings. The summed E-state index contributed by atoms with van der Waals surface area (Å²) in [6.07, 6.45) is 1.78. The van der Waals surface area contributed by atoms with Crippen LogP contribution in [0.2, 0.25) is 5.02 Å². The molecule has 7 heteroatoms. The van der Waals surface area contributed by atoms with Gasteiger partial charge in [0.1, 0.15) is 0 Å². The molecule has 0 spiro atoms. The molecule has 0 aliphatic carbocycles. The number of hydrogen-bond acceptors (Lipinski definition) is 4. The predicted molar refractivity (Wildman–Crippen MR) is 111 cm³/mol. The highest BCUT2D eigenvalue weighted by atomic mass is 35.5. The summed E-state index contributed by atoms with van der Waals surface area (Å²) in [6.45, 7) is 3.28. The average Bonchev–Trinajstić information content (AvgIpc) is 2.69. The molecule has 0 amide bonds. The lowest BCUT2D eigenvalue weighted by molar-refractivity contribution is 0.122. The summed E-state index contributed by atoms with van der Waals surface area (Å²) < 4.78 is 5.38. The summed E-state index contributed by atoms with van der Waals surface area (Å²) >= 11 is 12.3. The third-order valence-electron chi connectivity index (χ3n) is 4.46. The molecule has 0 radical (unpaired) electrons. The van der Waals surface area contributed by atoms with Gasteiger partial charge in [-0.2, -0.15) is 0 Å². The Morgan fingerprint density at radius 2 is 1.89 bits per heavy atom. The molecule has 1 aromatic heterocycles. The van der Waals surface area contributed by atoms with Gasteiger partial charge in [-0.15, -0.1) is 0 Å². The van der Waals surface area contributed by atoms with Gasteiger partial charge in [-0.05, 0) is 42.0 Å². The van der Waals surface area contributed by atoms with Crippen LogP contribution in [0.25, 0.3) is 22.0 Å². The van der Waals surface area contributed by atoms with Gasteiger partial charge in [0.25, 0.3) is 5.56 Å². The normalized spacial score (nSPS) is 15.3. The quantitative estimate of drug-likeness (QED) is 0.715. The Morgan fingerprint density at radius 1 is 1.15 bits per heavy atom. The van der Waals surface area contributed by atoms with E-state index in [1.807, 2.05) is 12.1 Å². The van der Waals surface area contributed by atoms with Crippen molar-refractivity contribution in [3.05, 3.63) is 69.2 Å². The number of hydrogen-bond donors (Lipinski definition) is 1. The van der Waals surface area contributed by atoms with Crippen LogP contribution in [0.5, 0.6) is 0 Å². The fourth-order valence-electron chi connectivity index (χ4n) is 3.04. The van der Waals surface area contributed by atoms with Crippen LogP contribution in [0.15, 0.2) is 47.3 Å². The first-order valence-corrected chi connectivity index (χ1v) is 9.36. The zero-order chi connectivity index (χ0) is 18.8. The van der Waals surface area contributed by atoms with Crippen LogP contribution >= 0.6 is 23.2 Å². The Balaban J connectivity index is 1.61. The number of H-pyrrole nitrogens is 1. The fourth-order valence-corrected chi connectivity index (χ4v) is 3.43. The van der Waals surface area contributed by atoms with Crippen molar-refractivity contribution in [2.75, 3.05) is 31.2 Å². The van der Waals surface area contributed by atoms with Gasteiger partial charge in [0.05, 0.1) is 29.1 Å². The molecular weight excluding hydrogens is 385 g/mol. The van der Waals surface area contributed by atoms with Gasteiger partial charge in [-0.3, -0.25) is 4.79 Å². The second-order valence-corrected chi connectivity index (χ2v) is 7.10. The molecule has 138 valence electrons. The molecule has 0 atom stereocenters. The second-order valence-electron chi connectivity index (χ2n) is 6.26. The van der Waals surface area contributed by atoms with Gasteiger partial charge in [-0.1, -0.05) is 35.3 Å². The van der Waals surface area contributed by atoms with E-state index in [-0.39, 0.29) is 5.56 Å². The lowest BCUT2D eigenvalue weighted by atomic mass is 10.1. The van der Waals surface area contributed by atoms with Gasteiger partial charge in [-0.25, -0.2) is 4.98 Å². The van der Waals surface area contributed by atoms with E-state index in [0.29, 0.717) is 26.8 Å². The topological polar surface area (TPSA) is 58.2 Å². The van der Waals surface area contributed by atoms with E-state index in [1.165, 1.54) is 0 Å². The monoisotopic (exact) mass is 401 g/mol. The van der Waals surface area contributed by atoms with E-state index in [1.54, 1.807) is 24.3 Å². The molecule has 0 saturated carbocycles. The summed E-state index contributed by atoms with van der Waals surface area (Å²) in [5, 5.41) is 1.29. The molecule has 1 saturated heterocycles. The molecule has 4 rings (SSSR count). The highest BCUT2D eigenvalue weighted by Crippen LogP contribution is 2.23. The van der Waals surface area contributed by atoms with E-state index < -0.39 is 0 Å². The largest absolute Gasteiger partial charge is 0.378 e. The zero-order valence-corrected chi connectivity index (χ0v) is 15.9. The number of morpholine rings is 1. The summed E-state index contributed by atoms with van der Waals surface area (Å²) in [7, 11) is 0. The van der Waals surface area contributed by atoms with E-state index >= 15 is 0 Å². The van der Waals surface area contributed by atoms with Crippen LogP contribution in [-0.2, 0) is 4.74 Å². The highest BCUT2D eigenvalue weighted by molar-refractivity contribution is 6.50. The maximum Gasteiger partial charge on any atom is 0.259 e. The molecule has 2 aromatic carbocycles. The maximum atomic E-state index is 12.3. The lowest BCUT2D eigenvalue weighted by Crippen LogP contribution is -2.36. The number of benzene rings is 2. The molecule has 1 fully saturated rings. The number of fused-ring (bicyclic) bond motifs is 1. The van der Waals surface area contributed by atoms with Crippen molar-refractivity contribution < 1.29 is 4.74 Å². The first-order chi connectivity index (χ1) is 13.1. The van der Waals surface area contributed by atoms with Crippen LogP contribution in [-0.4, -0.2) is 36.3 Å². The molecule has 0 unspecified atom stereocenters. The van der Waals surface area contributed by atoms with Crippen LogP contribution in [0.1, 0.15) is 11.4 Å². The van der Waals surface area contributed by atoms with Crippen LogP contribution in [0, 0.1) is 0 Å². The standard InChI is InChI=1S/C20H17Cl2N3O2/c21-14-3-6-18-16(12-14)20(26)24-19(23-18)17(22)11-13-1-4-15(5-2-13)25-7-9-27-10-8-25/h1-6,11-12H,7-10H2,(H,23,24,26)/b17-11-. The van der Waals surface area contributed by atoms with Gasteiger partial charge in [0.15, 0.2) is 5.82 Å². The number of aromatic amines is 1. The molecule has 3 aromatic rings.